The molecule has 1 saturated carbocycles. The second-order valence-electron chi connectivity index (χ2n) is 8.23. The summed E-state index contributed by atoms with van der Waals surface area (Å²) in [6.07, 6.45) is 8.86. The van der Waals surface area contributed by atoms with Gasteiger partial charge < -0.3 is 4.52 Å². The predicted octanol–water partition coefficient (Wildman–Crippen LogP) is 5.18. The molecule has 2 aromatic carbocycles. The van der Waals surface area contributed by atoms with Gasteiger partial charge in [-0.05, 0) is 25.0 Å². The first-order chi connectivity index (χ1) is 15.5. The van der Waals surface area contributed by atoms with Gasteiger partial charge in [-0.25, -0.2) is 8.42 Å². The standard InChI is InChI=1S/C24H24N4O3S/c1-32(29,30)20-14-8-11-18(15-20)23-26-24(31-27-23)21-16-25-28(19-12-6-3-7-13-19)22(21)17-9-4-2-5-10-17/h2,4-5,8-11,14-16,19H,3,6-7,12-13H2,1H3. The molecule has 5 rings (SSSR count). The van der Waals surface area contributed by atoms with Gasteiger partial charge in [0.05, 0.1) is 28.4 Å². The highest BCUT2D eigenvalue weighted by atomic mass is 32.2. The number of rotatable bonds is 5. The lowest BCUT2D eigenvalue weighted by Crippen LogP contribution is -2.15. The van der Waals surface area contributed by atoms with E-state index in [9.17, 15) is 8.42 Å². The van der Waals surface area contributed by atoms with Crippen LogP contribution in [0.5, 0.6) is 0 Å². The highest BCUT2D eigenvalue weighted by Gasteiger charge is 2.25. The lowest BCUT2D eigenvalue weighted by atomic mass is 9.95. The Balaban J connectivity index is 1.58. The number of hydrogen-bond acceptors (Lipinski definition) is 6. The molecule has 0 atom stereocenters. The Morgan fingerprint density at radius 3 is 2.47 bits per heavy atom. The van der Waals surface area contributed by atoms with Crippen molar-refractivity contribution in [3.05, 3.63) is 60.8 Å². The molecule has 0 spiro atoms. The summed E-state index contributed by atoms with van der Waals surface area (Å²) in [4.78, 5) is 4.81. The minimum Gasteiger partial charge on any atom is -0.333 e. The SMILES string of the molecule is CS(=O)(=O)c1cccc(-c2noc(-c3cnn(C4CCCCC4)c3-c3ccccc3)n2)c1. The first-order valence-electron chi connectivity index (χ1n) is 10.8. The molecule has 1 aliphatic carbocycles. The lowest BCUT2D eigenvalue weighted by Gasteiger charge is -2.24. The third-order valence-corrected chi connectivity index (χ3v) is 7.05. The summed E-state index contributed by atoms with van der Waals surface area (Å²) in [5.41, 5.74) is 3.38. The minimum atomic E-state index is -3.33. The molecule has 2 aromatic heterocycles. The van der Waals surface area contributed by atoms with E-state index in [1.165, 1.54) is 25.5 Å². The molecule has 164 valence electrons. The van der Waals surface area contributed by atoms with Crippen LogP contribution >= 0.6 is 0 Å². The third kappa shape index (κ3) is 3.98. The van der Waals surface area contributed by atoms with E-state index in [1.807, 2.05) is 18.2 Å². The van der Waals surface area contributed by atoms with Crippen molar-refractivity contribution < 1.29 is 12.9 Å². The summed E-state index contributed by atoms with van der Waals surface area (Å²) in [6, 6.07) is 17.0. The summed E-state index contributed by atoms with van der Waals surface area (Å²) in [7, 11) is -3.33. The van der Waals surface area contributed by atoms with Crippen LogP contribution in [0.15, 0.2) is 70.2 Å². The average Bonchev–Trinajstić information content (AvgIpc) is 3.47. The van der Waals surface area contributed by atoms with E-state index in [2.05, 4.69) is 27.0 Å². The summed E-state index contributed by atoms with van der Waals surface area (Å²) in [5, 5.41) is 8.86. The second kappa shape index (κ2) is 8.35. The third-order valence-electron chi connectivity index (χ3n) is 5.94. The van der Waals surface area contributed by atoms with Crippen LogP contribution in [-0.4, -0.2) is 34.6 Å². The van der Waals surface area contributed by atoms with E-state index in [4.69, 9.17) is 9.62 Å². The van der Waals surface area contributed by atoms with Crippen LogP contribution in [0, 0.1) is 0 Å². The number of aromatic nitrogens is 4. The van der Waals surface area contributed by atoms with E-state index in [0.717, 1.165) is 29.7 Å². The molecular formula is C24H24N4O3S. The molecule has 0 saturated heterocycles. The van der Waals surface area contributed by atoms with Gasteiger partial charge in [-0.1, -0.05) is 66.9 Å². The van der Waals surface area contributed by atoms with Crippen molar-refractivity contribution >= 4 is 9.84 Å². The summed E-state index contributed by atoms with van der Waals surface area (Å²) in [5.74, 6) is 0.709. The van der Waals surface area contributed by atoms with Gasteiger partial charge in [0, 0.05) is 17.4 Å². The van der Waals surface area contributed by atoms with Crippen molar-refractivity contribution in [3.63, 3.8) is 0 Å². The smallest absolute Gasteiger partial charge is 0.262 e. The summed E-state index contributed by atoms with van der Waals surface area (Å²) >= 11 is 0. The zero-order chi connectivity index (χ0) is 22.1. The maximum absolute atomic E-state index is 11.9. The topological polar surface area (TPSA) is 90.9 Å². The van der Waals surface area contributed by atoms with Crippen LogP contribution in [0.4, 0.5) is 0 Å². The van der Waals surface area contributed by atoms with Gasteiger partial charge in [0.25, 0.3) is 5.89 Å². The van der Waals surface area contributed by atoms with Gasteiger partial charge in [0.1, 0.15) is 0 Å². The van der Waals surface area contributed by atoms with Gasteiger partial charge >= 0.3 is 0 Å². The Morgan fingerprint density at radius 2 is 1.72 bits per heavy atom. The molecule has 7 nitrogen and oxygen atoms in total. The van der Waals surface area contributed by atoms with E-state index < -0.39 is 9.84 Å². The van der Waals surface area contributed by atoms with Crippen LogP contribution in [0.1, 0.15) is 38.1 Å². The fourth-order valence-electron chi connectivity index (χ4n) is 4.32. The molecule has 32 heavy (non-hydrogen) atoms. The van der Waals surface area contributed by atoms with Crippen molar-refractivity contribution in [3.8, 4) is 34.1 Å². The molecule has 0 N–H and O–H groups in total. The maximum Gasteiger partial charge on any atom is 0.262 e. The Kier molecular flexibility index (Phi) is 5.38. The van der Waals surface area contributed by atoms with Crippen LogP contribution in [0.2, 0.25) is 0 Å². The average molecular weight is 449 g/mol. The lowest BCUT2D eigenvalue weighted by molar-refractivity contribution is 0.332. The van der Waals surface area contributed by atoms with Crippen molar-refractivity contribution in [2.45, 2.75) is 43.0 Å². The number of nitrogens with zero attached hydrogens (tertiary/aromatic N) is 4. The molecule has 0 unspecified atom stereocenters. The van der Waals surface area contributed by atoms with Crippen molar-refractivity contribution in [1.29, 1.82) is 0 Å². The highest BCUT2D eigenvalue weighted by molar-refractivity contribution is 7.90. The first kappa shape index (κ1) is 20.6. The molecule has 0 radical (unpaired) electrons. The number of hydrogen-bond donors (Lipinski definition) is 0. The van der Waals surface area contributed by atoms with Gasteiger partial charge in [0.15, 0.2) is 9.84 Å². The monoisotopic (exact) mass is 448 g/mol. The largest absolute Gasteiger partial charge is 0.333 e. The molecule has 0 amide bonds. The predicted molar refractivity (Wildman–Crippen MR) is 122 cm³/mol. The van der Waals surface area contributed by atoms with E-state index in [0.29, 0.717) is 23.3 Å². The molecule has 1 fully saturated rings. The zero-order valence-electron chi connectivity index (χ0n) is 17.8. The van der Waals surface area contributed by atoms with E-state index in [1.54, 1.807) is 30.5 Å². The van der Waals surface area contributed by atoms with Crippen LogP contribution in [0.25, 0.3) is 34.1 Å². The Morgan fingerprint density at radius 1 is 0.969 bits per heavy atom. The zero-order valence-corrected chi connectivity index (χ0v) is 18.6. The minimum absolute atomic E-state index is 0.219. The quantitative estimate of drug-likeness (QED) is 0.418. The fraction of sp³-hybridized carbons (Fsp3) is 0.292. The van der Waals surface area contributed by atoms with Crippen molar-refractivity contribution in [2.24, 2.45) is 0 Å². The Bertz CT molecular complexity index is 1340. The van der Waals surface area contributed by atoms with E-state index >= 15 is 0 Å². The summed E-state index contributed by atoms with van der Waals surface area (Å²) < 4.78 is 31.6. The molecule has 0 bridgehead atoms. The van der Waals surface area contributed by atoms with Gasteiger partial charge in [-0.3, -0.25) is 4.68 Å². The maximum atomic E-state index is 11.9. The fourth-order valence-corrected chi connectivity index (χ4v) is 4.99. The van der Waals surface area contributed by atoms with Crippen LogP contribution < -0.4 is 0 Å². The molecule has 4 aromatic rings. The van der Waals surface area contributed by atoms with Crippen molar-refractivity contribution in [1.82, 2.24) is 19.9 Å². The number of benzene rings is 2. The van der Waals surface area contributed by atoms with Gasteiger partial charge in [-0.2, -0.15) is 10.1 Å². The Hall–Kier alpha value is -3.26. The van der Waals surface area contributed by atoms with Crippen LogP contribution in [-0.2, 0) is 9.84 Å². The second-order valence-corrected chi connectivity index (χ2v) is 10.2. The number of sulfone groups is 1. The highest BCUT2D eigenvalue weighted by Crippen LogP contribution is 2.37. The molecule has 2 heterocycles. The summed E-state index contributed by atoms with van der Waals surface area (Å²) in [6.45, 7) is 0. The normalized spacial score (nSPS) is 15.2. The first-order valence-corrected chi connectivity index (χ1v) is 12.7. The van der Waals surface area contributed by atoms with Crippen LogP contribution in [0.3, 0.4) is 0 Å². The van der Waals surface area contributed by atoms with Gasteiger partial charge in [-0.15, -0.1) is 0 Å². The molecule has 8 heteroatoms. The van der Waals surface area contributed by atoms with Crippen molar-refractivity contribution in [2.75, 3.05) is 6.26 Å². The van der Waals surface area contributed by atoms with Gasteiger partial charge in [0.2, 0.25) is 5.82 Å². The Labute approximate surface area is 187 Å². The molecule has 0 aliphatic heterocycles. The van der Waals surface area contributed by atoms with E-state index in [-0.39, 0.29) is 4.90 Å². The molecular weight excluding hydrogens is 424 g/mol. The molecule has 1 aliphatic rings.